The van der Waals surface area contributed by atoms with Crippen LogP contribution < -0.4 is 0 Å². The van der Waals surface area contributed by atoms with Gasteiger partial charge in [0.1, 0.15) is 0 Å². The molecule has 0 amide bonds. The number of alkyl halides is 9. The summed E-state index contributed by atoms with van der Waals surface area (Å²) < 4.78 is 134. The molecule has 0 rings (SSSR count). The molecule has 0 spiro atoms. The molecule has 0 aliphatic rings. The van der Waals surface area contributed by atoms with Crippen LogP contribution in [-0.4, -0.2) is 36.8 Å². The summed E-state index contributed by atoms with van der Waals surface area (Å²) in [4.78, 5) is 0. The van der Waals surface area contributed by atoms with Crippen LogP contribution in [0, 0.1) is 0 Å². The van der Waals surface area contributed by atoms with Gasteiger partial charge in [0.2, 0.25) is 0 Å². The predicted molar refractivity (Wildman–Crippen MR) is 57.4 cm³/mol. The van der Waals surface area contributed by atoms with E-state index in [-0.39, 0.29) is 20.8 Å². The lowest BCUT2D eigenvalue weighted by molar-refractivity contribution is -0.223. The molecule has 14 heteroatoms. The molecule has 4 nitrogen and oxygen atoms in total. The minimum absolute atomic E-state index is 0.218. The lowest BCUT2D eigenvalue weighted by Gasteiger charge is -2.28. The van der Waals surface area contributed by atoms with Gasteiger partial charge in [-0.3, -0.25) is 13.6 Å². The molecule has 23 heavy (non-hydrogen) atoms. The van der Waals surface area contributed by atoms with Gasteiger partial charge in [0, 0.05) is 0 Å². The highest BCUT2D eigenvalue weighted by atomic mass is 31.2. The van der Waals surface area contributed by atoms with Gasteiger partial charge in [-0.1, -0.05) is 0 Å². The van der Waals surface area contributed by atoms with Gasteiger partial charge in [0.05, 0.1) is 0 Å². The molecule has 0 aromatic heterocycles. The van der Waals surface area contributed by atoms with E-state index >= 15 is 0 Å². The molecule has 0 aliphatic carbocycles. The number of phosphoric acid groups is 1. The maximum absolute atomic E-state index is 12.3. The third-order valence-electron chi connectivity index (χ3n) is 2.24. The molecule has 0 bridgehead atoms. The Morgan fingerprint density at radius 3 is 0.913 bits per heavy atom. The fourth-order valence-corrected chi connectivity index (χ4v) is 2.50. The van der Waals surface area contributed by atoms with E-state index in [4.69, 9.17) is 0 Å². The summed E-state index contributed by atoms with van der Waals surface area (Å²) in [5, 5.41) is 0. The van der Waals surface area contributed by atoms with E-state index in [0.717, 1.165) is 0 Å². The maximum atomic E-state index is 12.3. The lowest BCUT2D eigenvalue weighted by Crippen LogP contribution is -2.34. The molecule has 3 atom stereocenters. The Labute approximate surface area is 124 Å². The third kappa shape index (κ3) is 7.73. The largest absolute Gasteiger partial charge is 0.476 e. The van der Waals surface area contributed by atoms with Gasteiger partial charge in [-0.15, -0.1) is 0 Å². The summed E-state index contributed by atoms with van der Waals surface area (Å²) >= 11 is 0. The van der Waals surface area contributed by atoms with Crippen molar-refractivity contribution in [2.24, 2.45) is 0 Å². The molecule has 0 N–H and O–H groups in total. The van der Waals surface area contributed by atoms with E-state index in [9.17, 15) is 44.1 Å². The lowest BCUT2D eigenvalue weighted by atomic mass is 10.4. The quantitative estimate of drug-likeness (QED) is 0.476. The van der Waals surface area contributed by atoms with Crippen LogP contribution in [0.25, 0.3) is 0 Å². The molecule has 0 aromatic carbocycles. The van der Waals surface area contributed by atoms with Crippen molar-refractivity contribution in [3.63, 3.8) is 0 Å². The minimum atomic E-state index is -5.84. The molecule has 0 saturated carbocycles. The Morgan fingerprint density at radius 2 is 0.783 bits per heavy atom. The van der Waals surface area contributed by atoms with Crippen molar-refractivity contribution >= 4 is 7.82 Å². The standard InChI is InChI=1S/C9H12F9O4P/c1-4(7(10,11)12)20-23(19,21-5(2)8(13,14)15)22-6(3)9(16,17)18/h4-6H,1-3H3. The van der Waals surface area contributed by atoms with Crippen LogP contribution in [0.2, 0.25) is 0 Å². The number of halogens is 9. The molecule has 0 fully saturated rings. The van der Waals surface area contributed by atoms with Crippen LogP contribution in [-0.2, 0) is 18.1 Å². The molecular formula is C9H12F9O4P. The number of hydrogen-bond donors (Lipinski definition) is 0. The number of phosphoric ester groups is 1. The van der Waals surface area contributed by atoms with Crippen LogP contribution >= 0.6 is 7.82 Å². The van der Waals surface area contributed by atoms with Crippen molar-refractivity contribution in [1.29, 1.82) is 0 Å². The Kier molecular flexibility index (Phi) is 7.00. The first-order valence-electron chi connectivity index (χ1n) is 5.74. The highest BCUT2D eigenvalue weighted by Crippen LogP contribution is 2.56. The first-order chi connectivity index (χ1) is 9.88. The average Bonchev–Trinajstić information content (AvgIpc) is 2.23. The zero-order chi connectivity index (χ0) is 18.9. The van der Waals surface area contributed by atoms with Gasteiger partial charge in [-0.05, 0) is 20.8 Å². The third-order valence-corrected chi connectivity index (χ3v) is 3.97. The van der Waals surface area contributed by atoms with Crippen molar-refractivity contribution in [3.8, 4) is 0 Å². The van der Waals surface area contributed by atoms with E-state index in [2.05, 4.69) is 13.6 Å². The second-order valence-electron chi connectivity index (χ2n) is 4.31. The normalized spacial score (nSPS) is 20.7. The molecule has 0 radical (unpaired) electrons. The summed E-state index contributed by atoms with van der Waals surface area (Å²) in [5.41, 5.74) is 0. The SMILES string of the molecule is CC(OP(=O)(OC(C)C(F)(F)F)OC(C)C(F)(F)F)C(F)(F)F. The van der Waals surface area contributed by atoms with Crippen LogP contribution in [0.1, 0.15) is 20.8 Å². The van der Waals surface area contributed by atoms with Gasteiger partial charge in [0.25, 0.3) is 0 Å². The predicted octanol–water partition coefficient (Wildman–Crippen LogP) is 5.00. The number of rotatable bonds is 6. The zero-order valence-corrected chi connectivity index (χ0v) is 12.6. The van der Waals surface area contributed by atoms with Gasteiger partial charge in [-0.2, -0.15) is 39.5 Å². The van der Waals surface area contributed by atoms with Crippen LogP contribution in [0.3, 0.4) is 0 Å². The van der Waals surface area contributed by atoms with Crippen molar-refractivity contribution in [3.05, 3.63) is 0 Å². The highest BCUT2D eigenvalue weighted by molar-refractivity contribution is 7.48. The second kappa shape index (κ2) is 7.16. The minimum Gasteiger partial charge on any atom is -0.274 e. The topological polar surface area (TPSA) is 44.8 Å². The van der Waals surface area contributed by atoms with Crippen LogP contribution in [0.15, 0.2) is 0 Å². The van der Waals surface area contributed by atoms with Gasteiger partial charge in [-0.25, -0.2) is 4.57 Å². The van der Waals surface area contributed by atoms with E-state index in [1.54, 1.807) is 0 Å². The second-order valence-corrected chi connectivity index (χ2v) is 5.84. The Morgan fingerprint density at radius 1 is 0.609 bits per heavy atom. The Hall–Kier alpha value is -0.520. The number of hydrogen-bond acceptors (Lipinski definition) is 4. The molecule has 0 saturated heterocycles. The first kappa shape index (κ1) is 22.5. The summed E-state index contributed by atoms with van der Waals surface area (Å²) in [5.74, 6) is 0. The van der Waals surface area contributed by atoms with Crippen molar-refractivity contribution in [2.45, 2.75) is 57.6 Å². The van der Waals surface area contributed by atoms with Crippen molar-refractivity contribution in [2.75, 3.05) is 0 Å². The highest BCUT2D eigenvalue weighted by Gasteiger charge is 2.51. The monoisotopic (exact) mass is 386 g/mol. The zero-order valence-electron chi connectivity index (χ0n) is 11.7. The van der Waals surface area contributed by atoms with E-state index < -0.39 is 44.7 Å². The molecule has 0 aromatic rings. The average molecular weight is 386 g/mol. The fourth-order valence-electron chi connectivity index (χ4n) is 0.835. The van der Waals surface area contributed by atoms with Gasteiger partial charge in [0.15, 0.2) is 18.3 Å². The summed E-state index contributed by atoms with van der Waals surface area (Å²) in [6.45, 7) is 0.654. The van der Waals surface area contributed by atoms with Crippen molar-refractivity contribution < 1.29 is 57.7 Å². The van der Waals surface area contributed by atoms with E-state index in [1.807, 2.05) is 0 Å². The van der Waals surface area contributed by atoms with E-state index in [1.165, 1.54) is 0 Å². The van der Waals surface area contributed by atoms with Gasteiger partial charge < -0.3 is 0 Å². The summed E-state index contributed by atoms with van der Waals surface area (Å²) in [6.07, 6.45) is -24.6. The van der Waals surface area contributed by atoms with Crippen LogP contribution in [0.5, 0.6) is 0 Å². The molecule has 3 unspecified atom stereocenters. The smallest absolute Gasteiger partial charge is 0.274 e. The summed E-state index contributed by atoms with van der Waals surface area (Å²) in [7, 11) is -5.84. The van der Waals surface area contributed by atoms with Gasteiger partial charge >= 0.3 is 26.4 Å². The first-order valence-corrected chi connectivity index (χ1v) is 7.20. The summed E-state index contributed by atoms with van der Waals surface area (Å²) in [6, 6.07) is 0. The van der Waals surface area contributed by atoms with Crippen molar-refractivity contribution in [1.82, 2.24) is 0 Å². The molecule has 0 heterocycles. The fraction of sp³-hybridized carbons (Fsp3) is 1.00. The van der Waals surface area contributed by atoms with Crippen LogP contribution in [0.4, 0.5) is 39.5 Å². The Bertz CT molecular complexity index is 368. The van der Waals surface area contributed by atoms with E-state index in [0.29, 0.717) is 0 Å². The Balaban J connectivity index is 5.40. The molecule has 0 aliphatic heterocycles. The maximum Gasteiger partial charge on any atom is 0.476 e. The molecular weight excluding hydrogens is 374 g/mol. The molecule has 140 valence electrons.